The van der Waals surface area contributed by atoms with Crippen molar-refractivity contribution >= 4 is 37.5 Å². The number of hydrogen-bond donors (Lipinski definition) is 1. The lowest BCUT2D eigenvalue weighted by Gasteiger charge is -2.08. The summed E-state index contributed by atoms with van der Waals surface area (Å²) in [5, 5.41) is 11.7. The molecule has 0 atom stereocenters. The standard InChI is InChI=1S/C13H8N2O5S/c16-15(17)10-5-1-4-9-11(21(18,19)20)7-8-3-2-6-14-13(8)12(9)10/h1-7H,(H,18,19,20). The van der Waals surface area contributed by atoms with E-state index in [9.17, 15) is 23.1 Å². The van der Waals surface area contributed by atoms with E-state index in [1.807, 2.05) is 0 Å². The second-order valence-electron chi connectivity index (χ2n) is 4.38. The van der Waals surface area contributed by atoms with Crippen molar-refractivity contribution in [2.24, 2.45) is 0 Å². The molecule has 0 unspecified atom stereocenters. The molecular formula is C13H8N2O5S. The third kappa shape index (κ3) is 2.10. The van der Waals surface area contributed by atoms with Crippen LogP contribution in [0.2, 0.25) is 0 Å². The predicted molar refractivity (Wildman–Crippen MR) is 75.7 cm³/mol. The number of fused-ring (bicyclic) bond motifs is 3. The molecule has 3 aromatic rings. The van der Waals surface area contributed by atoms with Gasteiger partial charge in [0.25, 0.3) is 15.8 Å². The number of nitro groups is 1. The zero-order valence-corrected chi connectivity index (χ0v) is 11.2. The lowest BCUT2D eigenvalue weighted by molar-refractivity contribution is -0.383. The molecule has 3 rings (SSSR count). The van der Waals surface area contributed by atoms with Gasteiger partial charge in [0, 0.05) is 23.0 Å². The minimum Gasteiger partial charge on any atom is -0.282 e. The van der Waals surface area contributed by atoms with Crippen LogP contribution in [-0.2, 0) is 10.1 Å². The number of non-ortho nitro benzene ring substituents is 1. The molecule has 0 aliphatic carbocycles. The molecule has 0 saturated carbocycles. The van der Waals surface area contributed by atoms with Gasteiger partial charge < -0.3 is 0 Å². The first-order valence-corrected chi connectivity index (χ1v) is 7.26. The third-order valence-corrected chi connectivity index (χ3v) is 4.04. The molecule has 0 radical (unpaired) electrons. The number of rotatable bonds is 2. The van der Waals surface area contributed by atoms with Crippen molar-refractivity contribution in [3.8, 4) is 0 Å². The fourth-order valence-electron chi connectivity index (χ4n) is 2.32. The first-order valence-electron chi connectivity index (χ1n) is 5.82. The highest BCUT2D eigenvalue weighted by molar-refractivity contribution is 7.86. The monoisotopic (exact) mass is 304 g/mol. The molecule has 8 heteroatoms. The lowest BCUT2D eigenvalue weighted by Crippen LogP contribution is -2.01. The Morgan fingerprint density at radius 2 is 1.95 bits per heavy atom. The van der Waals surface area contributed by atoms with E-state index in [-0.39, 0.29) is 21.4 Å². The predicted octanol–water partition coefficient (Wildman–Crippen LogP) is 2.54. The highest BCUT2D eigenvalue weighted by Gasteiger charge is 2.22. The molecule has 0 amide bonds. The van der Waals surface area contributed by atoms with Crippen LogP contribution in [0.5, 0.6) is 0 Å². The summed E-state index contributed by atoms with van der Waals surface area (Å²) in [6.45, 7) is 0. The SMILES string of the molecule is O=[N+]([O-])c1cccc2c(S(=O)(=O)O)cc3cccnc3c12. The average Bonchev–Trinajstić information content (AvgIpc) is 2.44. The maximum atomic E-state index is 11.5. The lowest BCUT2D eigenvalue weighted by atomic mass is 10.0. The van der Waals surface area contributed by atoms with Crippen LogP contribution in [0.1, 0.15) is 0 Å². The van der Waals surface area contributed by atoms with Crippen molar-refractivity contribution in [1.82, 2.24) is 4.98 Å². The second-order valence-corrected chi connectivity index (χ2v) is 5.77. The Balaban J connectivity index is 2.68. The van der Waals surface area contributed by atoms with Gasteiger partial charge in [0.2, 0.25) is 0 Å². The van der Waals surface area contributed by atoms with Crippen molar-refractivity contribution in [3.63, 3.8) is 0 Å². The molecule has 0 saturated heterocycles. The Labute approximate surface area is 118 Å². The van der Waals surface area contributed by atoms with Crippen LogP contribution in [-0.4, -0.2) is 22.9 Å². The van der Waals surface area contributed by atoms with E-state index in [1.165, 1.54) is 30.5 Å². The van der Waals surface area contributed by atoms with Gasteiger partial charge in [0.1, 0.15) is 4.90 Å². The topological polar surface area (TPSA) is 110 Å². The molecule has 2 aromatic carbocycles. The maximum Gasteiger partial charge on any atom is 0.295 e. The van der Waals surface area contributed by atoms with Gasteiger partial charge in [-0.25, -0.2) is 0 Å². The largest absolute Gasteiger partial charge is 0.295 e. The van der Waals surface area contributed by atoms with Gasteiger partial charge in [-0.15, -0.1) is 0 Å². The summed E-state index contributed by atoms with van der Waals surface area (Å²) in [5.74, 6) is 0. The van der Waals surface area contributed by atoms with Crippen LogP contribution in [0.4, 0.5) is 5.69 Å². The van der Waals surface area contributed by atoms with Crippen LogP contribution >= 0.6 is 0 Å². The van der Waals surface area contributed by atoms with Gasteiger partial charge in [0.05, 0.1) is 15.8 Å². The normalized spacial score (nSPS) is 11.9. The summed E-state index contributed by atoms with van der Waals surface area (Å²) < 4.78 is 32.4. The number of nitrogens with zero attached hydrogens (tertiary/aromatic N) is 2. The average molecular weight is 304 g/mol. The highest BCUT2D eigenvalue weighted by atomic mass is 32.2. The molecule has 1 heterocycles. The van der Waals surface area contributed by atoms with E-state index in [0.29, 0.717) is 10.9 Å². The molecule has 1 N–H and O–H groups in total. The van der Waals surface area contributed by atoms with Crippen LogP contribution < -0.4 is 0 Å². The van der Waals surface area contributed by atoms with Crippen molar-refractivity contribution in [2.45, 2.75) is 4.90 Å². The second kappa shape index (κ2) is 4.47. The number of aromatic nitrogens is 1. The van der Waals surface area contributed by atoms with Crippen LogP contribution in [0.3, 0.4) is 0 Å². The van der Waals surface area contributed by atoms with Gasteiger partial charge in [-0.2, -0.15) is 8.42 Å². The molecular weight excluding hydrogens is 296 g/mol. The fraction of sp³-hybridized carbons (Fsp3) is 0. The van der Waals surface area contributed by atoms with Crippen molar-refractivity contribution in [3.05, 3.63) is 52.7 Å². The van der Waals surface area contributed by atoms with Crippen molar-refractivity contribution in [2.75, 3.05) is 0 Å². The van der Waals surface area contributed by atoms with Gasteiger partial charge in [-0.3, -0.25) is 19.7 Å². The Morgan fingerprint density at radius 3 is 2.62 bits per heavy atom. The van der Waals surface area contributed by atoms with E-state index < -0.39 is 15.0 Å². The molecule has 0 aliphatic heterocycles. The molecule has 0 spiro atoms. The fourth-order valence-corrected chi connectivity index (χ4v) is 3.05. The summed E-state index contributed by atoms with van der Waals surface area (Å²) >= 11 is 0. The van der Waals surface area contributed by atoms with Gasteiger partial charge in [-0.05, 0) is 12.1 Å². The minimum absolute atomic E-state index is 0.0675. The van der Waals surface area contributed by atoms with E-state index >= 15 is 0 Å². The molecule has 106 valence electrons. The zero-order chi connectivity index (χ0) is 15.2. The molecule has 1 aromatic heterocycles. The summed E-state index contributed by atoms with van der Waals surface area (Å²) in [5.41, 5.74) is 0.0499. The summed E-state index contributed by atoms with van der Waals surface area (Å²) in [6.07, 6.45) is 1.46. The summed E-state index contributed by atoms with van der Waals surface area (Å²) in [6, 6.07) is 8.45. The van der Waals surface area contributed by atoms with Gasteiger partial charge in [-0.1, -0.05) is 18.2 Å². The quantitative estimate of drug-likeness (QED) is 0.337. The summed E-state index contributed by atoms with van der Waals surface area (Å²) in [4.78, 5) is 14.3. The first-order chi connectivity index (χ1) is 9.89. The Hall–Kier alpha value is -2.58. The number of benzene rings is 2. The summed E-state index contributed by atoms with van der Waals surface area (Å²) in [7, 11) is -4.51. The first kappa shape index (κ1) is 13.4. The van der Waals surface area contributed by atoms with Crippen LogP contribution in [0.25, 0.3) is 21.7 Å². The van der Waals surface area contributed by atoms with Crippen LogP contribution in [0.15, 0.2) is 47.5 Å². The zero-order valence-electron chi connectivity index (χ0n) is 10.4. The van der Waals surface area contributed by atoms with Crippen molar-refractivity contribution < 1.29 is 17.9 Å². The van der Waals surface area contributed by atoms with E-state index in [4.69, 9.17) is 0 Å². The maximum absolute atomic E-state index is 11.5. The number of nitro benzene ring substituents is 1. The van der Waals surface area contributed by atoms with E-state index in [2.05, 4.69) is 4.98 Å². The van der Waals surface area contributed by atoms with E-state index in [0.717, 1.165) is 0 Å². The number of hydrogen-bond acceptors (Lipinski definition) is 5. The Morgan fingerprint density at radius 1 is 1.19 bits per heavy atom. The molecule has 0 aliphatic rings. The molecule has 0 bridgehead atoms. The Bertz CT molecular complexity index is 998. The third-order valence-electron chi connectivity index (χ3n) is 3.14. The minimum atomic E-state index is -4.51. The van der Waals surface area contributed by atoms with Gasteiger partial charge in [0.15, 0.2) is 0 Å². The van der Waals surface area contributed by atoms with Gasteiger partial charge >= 0.3 is 0 Å². The molecule has 0 fully saturated rings. The van der Waals surface area contributed by atoms with Crippen LogP contribution in [0, 0.1) is 10.1 Å². The van der Waals surface area contributed by atoms with Crippen molar-refractivity contribution in [1.29, 1.82) is 0 Å². The Kier molecular flexibility index (Phi) is 2.85. The van der Waals surface area contributed by atoms with E-state index in [1.54, 1.807) is 12.1 Å². The number of pyridine rings is 1. The highest BCUT2D eigenvalue weighted by Crippen LogP contribution is 2.35. The molecule has 21 heavy (non-hydrogen) atoms. The molecule has 7 nitrogen and oxygen atoms in total. The smallest absolute Gasteiger partial charge is 0.282 e.